The second-order valence-corrected chi connectivity index (χ2v) is 6.88. The lowest BCUT2D eigenvalue weighted by molar-refractivity contribution is -0.932. The van der Waals surface area contributed by atoms with Crippen LogP contribution in [0.25, 0.3) is 0 Å². The fraction of sp³-hybridized carbons (Fsp3) is 0.579. The summed E-state index contributed by atoms with van der Waals surface area (Å²) in [6.45, 7) is 13.1. The number of nitrogens with zero attached hydrogens (tertiary/aromatic N) is 1. The van der Waals surface area contributed by atoms with Crippen molar-refractivity contribution in [3.8, 4) is 5.75 Å². The maximum Gasteiger partial charge on any atom is 0.202 e. The van der Waals surface area contributed by atoms with E-state index in [2.05, 4.69) is 53.6 Å². The summed E-state index contributed by atoms with van der Waals surface area (Å²) in [5.74, 6) is 1.52. The van der Waals surface area contributed by atoms with Gasteiger partial charge in [-0.2, -0.15) is 0 Å². The van der Waals surface area contributed by atoms with E-state index in [1.807, 2.05) is 25.1 Å². The molecule has 2 atom stereocenters. The van der Waals surface area contributed by atoms with Crippen LogP contribution in [0.3, 0.4) is 0 Å². The average molecular weight is 342 g/mol. The van der Waals surface area contributed by atoms with E-state index in [4.69, 9.17) is 9.47 Å². The summed E-state index contributed by atoms with van der Waals surface area (Å²) in [4.78, 5) is 0. The highest BCUT2D eigenvalue weighted by Crippen LogP contribution is 2.23. The first-order valence-electron chi connectivity index (χ1n) is 8.10. The maximum atomic E-state index is 6.03. The van der Waals surface area contributed by atoms with E-state index < -0.39 is 0 Å². The fourth-order valence-corrected chi connectivity index (χ4v) is 2.36. The molecule has 0 aromatic heterocycles. The van der Waals surface area contributed by atoms with Crippen molar-refractivity contribution in [1.82, 2.24) is 0 Å². The molecule has 2 unspecified atom stereocenters. The first-order valence-corrected chi connectivity index (χ1v) is 8.10. The maximum absolute atomic E-state index is 6.03. The van der Waals surface area contributed by atoms with Crippen LogP contribution in [-0.2, 0) is 11.2 Å². The van der Waals surface area contributed by atoms with Crippen LogP contribution in [0.4, 0.5) is 0 Å². The molecular weight excluding hydrogens is 310 g/mol. The van der Waals surface area contributed by atoms with Crippen LogP contribution in [0.15, 0.2) is 36.9 Å². The minimum atomic E-state index is -0.287. The van der Waals surface area contributed by atoms with Crippen molar-refractivity contribution < 1.29 is 26.4 Å². The molecule has 0 aliphatic rings. The summed E-state index contributed by atoms with van der Waals surface area (Å²) in [7, 11) is 4.26. The number of quaternary nitrogens is 1. The van der Waals surface area contributed by atoms with Gasteiger partial charge in [0.25, 0.3) is 0 Å². The number of benzene rings is 1. The van der Waals surface area contributed by atoms with Gasteiger partial charge in [-0.15, -0.1) is 0 Å². The predicted molar refractivity (Wildman–Crippen MR) is 92.8 cm³/mol. The van der Waals surface area contributed by atoms with Gasteiger partial charge in [-0.25, -0.2) is 0 Å². The zero-order chi connectivity index (χ0) is 16.8. The molecule has 0 fully saturated rings. The fourth-order valence-electron chi connectivity index (χ4n) is 2.36. The molecule has 1 aromatic carbocycles. The van der Waals surface area contributed by atoms with E-state index in [1.54, 1.807) is 0 Å². The Balaban J connectivity index is 0.00000484. The average Bonchev–Trinajstić information content (AvgIpc) is 2.40. The molecule has 0 amide bonds. The number of likely N-dealkylation sites (N-methyl/N-ethyl adjacent to an activating group) is 1. The van der Waals surface area contributed by atoms with Crippen molar-refractivity contribution in [3.63, 3.8) is 0 Å². The third kappa shape index (κ3) is 7.38. The van der Waals surface area contributed by atoms with E-state index in [1.165, 1.54) is 5.56 Å². The smallest absolute Gasteiger partial charge is 0.202 e. The summed E-state index contributed by atoms with van der Waals surface area (Å²) in [6.07, 6.45) is 2.68. The Hall–Kier alpha value is -1.03. The van der Waals surface area contributed by atoms with Crippen LogP contribution in [0.5, 0.6) is 5.75 Å². The first-order chi connectivity index (χ1) is 10.3. The minimum absolute atomic E-state index is 0. The zero-order valence-corrected chi connectivity index (χ0v) is 16.1. The van der Waals surface area contributed by atoms with E-state index >= 15 is 0 Å². The van der Waals surface area contributed by atoms with Gasteiger partial charge in [0.1, 0.15) is 5.75 Å². The van der Waals surface area contributed by atoms with Crippen molar-refractivity contribution in [1.29, 1.82) is 0 Å². The van der Waals surface area contributed by atoms with Gasteiger partial charge in [-0.3, -0.25) is 4.74 Å². The molecule has 4 heteroatoms. The van der Waals surface area contributed by atoms with Crippen LogP contribution in [0.2, 0.25) is 0 Å². The van der Waals surface area contributed by atoms with Gasteiger partial charge in [0.2, 0.25) is 6.29 Å². The molecule has 0 radical (unpaired) electrons. The lowest BCUT2D eigenvalue weighted by atomic mass is 10.0. The van der Waals surface area contributed by atoms with Crippen LogP contribution in [0, 0.1) is 5.92 Å². The molecule has 0 heterocycles. The topological polar surface area (TPSA) is 18.5 Å². The molecule has 0 aliphatic carbocycles. The third-order valence-electron chi connectivity index (χ3n) is 3.87. The SMILES string of the molecule is C=CC[N+](C)(C)C(C)OC(C)Oc1ccccc1CC(C)C.[Cl-]. The molecule has 0 spiro atoms. The van der Waals surface area contributed by atoms with Crippen molar-refractivity contribution in [2.75, 3.05) is 20.6 Å². The van der Waals surface area contributed by atoms with Crippen molar-refractivity contribution in [3.05, 3.63) is 42.5 Å². The van der Waals surface area contributed by atoms with Crippen molar-refractivity contribution in [2.24, 2.45) is 5.92 Å². The van der Waals surface area contributed by atoms with Gasteiger partial charge in [0.05, 0.1) is 20.6 Å². The number of rotatable bonds is 9. The normalized spacial score (nSPS) is 14.0. The predicted octanol–water partition coefficient (Wildman–Crippen LogP) is 1.24. The molecule has 23 heavy (non-hydrogen) atoms. The third-order valence-corrected chi connectivity index (χ3v) is 3.87. The van der Waals surface area contributed by atoms with Crippen LogP contribution in [-0.4, -0.2) is 37.6 Å². The Kier molecular flexibility index (Phi) is 9.52. The van der Waals surface area contributed by atoms with Crippen molar-refractivity contribution >= 4 is 0 Å². The van der Waals surface area contributed by atoms with Gasteiger partial charge >= 0.3 is 0 Å². The van der Waals surface area contributed by atoms with Gasteiger partial charge in [-0.1, -0.05) is 38.6 Å². The quantitative estimate of drug-likeness (QED) is 0.382. The van der Waals surface area contributed by atoms with E-state index in [0.29, 0.717) is 5.92 Å². The largest absolute Gasteiger partial charge is 1.00 e. The molecule has 0 N–H and O–H groups in total. The Bertz CT molecular complexity index is 474. The molecular formula is C19H32ClNO2. The van der Waals surface area contributed by atoms with Gasteiger partial charge in [0.15, 0.2) is 6.23 Å². The second-order valence-electron chi connectivity index (χ2n) is 6.88. The van der Waals surface area contributed by atoms with Crippen LogP contribution in [0.1, 0.15) is 33.3 Å². The molecule has 0 saturated carbocycles. The second kappa shape index (κ2) is 9.96. The number of ether oxygens (including phenoxy) is 2. The molecule has 0 aliphatic heterocycles. The van der Waals surface area contributed by atoms with E-state index in [-0.39, 0.29) is 24.9 Å². The van der Waals surface area contributed by atoms with Crippen LogP contribution >= 0.6 is 0 Å². The molecule has 0 bridgehead atoms. The molecule has 1 aromatic rings. The van der Waals surface area contributed by atoms with E-state index in [0.717, 1.165) is 23.2 Å². The minimum Gasteiger partial charge on any atom is -1.00 e. The Morgan fingerprint density at radius 1 is 1.13 bits per heavy atom. The Labute approximate surface area is 148 Å². The lowest BCUT2D eigenvalue weighted by Crippen LogP contribution is -3.00. The summed E-state index contributed by atoms with van der Waals surface area (Å²) in [5.41, 5.74) is 1.24. The van der Waals surface area contributed by atoms with Gasteiger partial charge in [-0.05, 0) is 37.0 Å². The van der Waals surface area contributed by atoms with Gasteiger partial charge in [0, 0.05) is 6.92 Å². The molecule has 132 valence electrons. The summed E-state index contributed by atoms with van der Waals surface area (Å²) >= 11 is 0. The first kappa shape index (κ1) is 22.0. The standard InChI is InChI=1S/C19H32NO2.ClH/c1-8-13-20(6,7)16(4)21-17(5)22-19-12-10-9-11-18(19)14-15(2)3;/h8-12,15-17H,1,13-14H2,2-7H3;1H/q+1;/p-1. The summed E-state index contributed by atoms with van der Waals surface area (Å²) < 4.78 is 12.8. The number of para-hydroxylation sites is 1. The number of hydrogen-bond acceptors (Lipinski definition) is 2. The van der Waals surface area contributed by atoms with Crippen LogP contribution < -0.4 is 17.1 Å². The summed E-state index contributed by atoms with van der Waals surface area (Å²) in [5, 5.41) is 0. The highest BCUT2D eigenvalue weighted by Gasteiger charge is 2.25. The zero-order valence-electron chi connectivity index (χ0n) is 15.4. The summed E-state index contributed by atoms with van der Waals surface area (Å²) in [6, 6.07) is 8.21. The monoisotopic (exact) mass is 341 g/mol. The Morgan fingerprint density at radius 3 is 2.30 bits per heavy atom. The highest BCUT2D eigenvalue weighted by atomic mass is 35.5. The number of hydrogen-bond donors (Lipinski definition) is 0. The Morgan fingerprint density at radius 2 is 1.74 bits per heavy atom. The van der Waals surface area contributed by atoms with E-state index in [9.17, 15) is 0 Å². The molecule has 3 nitrogen and oxygen atoms in total. The highest BCUT2D eigenvalue weighted by molar-refractivity contribution is 5.33. The van der Waals surface area contributed by atoms with Gasteiger partial charge < -0.3 is 21.6 Å². The lowest BCUT2D eigenvalue weighted by Gasteiger charge is -2.36. The molecule has 0 saturated heterocycles. The number of halogens is 1. The molecule has 1 rings (SSSR count). The van der Waals surface area contributed by atoms with Crippen molar-refractivity contribution in [2.45, 2.75) is 46.6 Å².